The predicted octanol–water partition coefficient (Wildman–Crippen LogP) is 3.45. The van der Waals surface area contributed by atoms with E-state index in [9.17, 15) is 14.7 Å². The molecule has 1 aliphatic rings. The summed E-state index contributed by atoms with van der Waals surface area (Å²) in [4.78, 5) is 26.3. The molecule has 2 aromatic rings. The van der Waals surface area contributed by atoms with E-state index in [0.29, 0.717) is 12.2 Å². The number of halogens is 1. The van der Waals surface area contributed by atoms with Crippen molar-refractivity contribution in [2.24, 2.45) is 5.92 Å². The molecule has 5 nitrogen and oxygen atoms in total. The van der Waals surface area contributed by atoms with Crippen molar-refractivity contribution in [2.75, 3.05) is 16.8 Å². The number of phenolic OH excluding ortho intramolecular Hbond substituents is 1. The van der Waals surface area contributed by atoms with Crippen molar-refractivity contribution in [3.8, 4) is 5.75 Å². The van der Waals surface area contributed by atoms with Crippen LogP contribution in [-0.2, 0) is 9.59 Å². The van der Waals surface area contributed by atoms with Crippen LogP contribution in [0, 0.1) is 12.8 Å². The molecule has 24 heavy (non-hydrogen) atoms. The minimum atomic E-state index is -0.443. The number of nitrogens with zero attached hydrogens (tertiary/aromatic N) is 1. The lowest BCUT2D eigenvalue weighted by Crippen LogP contribution is -2.28. The average Bonchev–Trinajstić information content (AvgIpc) is 2.93. The van der Waals surface area contributed by atoms with E-state index in [4.69, 9.17) is 0 Å². The quantitative estimate of drug-likeness (QED) is 0.791. The van der Waals surface area contributed by atoms with Crippen molar-refractivity contribution in [1.82, 2.24) is 0 Å². The van der Waals surface area contributed by atoms with Crippen molar-refractivity contribution in [3.63, 3.8) is 0 Å². The Kier molecular flexibility index (Phi) is 4.57. The van der Waals surface area contributed by atoms with Gasteiger partial charge in [-0.25, -0.2) is 0 Å². The van der Waals surface area contributed by atoms with Gasteiger partial charge >= 0.3 is 0 Å². The van der Waals surface area contributed by atoms with E-state index in [1.807, 2.05) is 37.3 Å². The van der Waals surface area contributed by atoms with Crippen molar-refractivity contribution in [3.05, 3.63) is 52.5 Å². The summed E-state index contributed by atoms with van der Waals surface area (Å²) in [5.41, 5.74) is 2.04. The minimum absolute atomic E-state index is 0.0254. The van der Waals surface area contributed by atoms with Gasteiger partial charge in [-0.2, -0.15) is 0 Å². The minimum Gasteiger partial charge on any atom is -0.506 e. The highest BCUT2D eigenvalue weighted by atomic mass is 79.9. The fourth-order valence-electron chi connectivity index (χ4n) is 2.74. The van der Waals surface area contributed by atoms with Gasteiger partial charge in [0, 0.05) is 23.1 Å². The Morgan fingerprint density at radius 1 is 1.25 bits per heavy atom. The molecule has 0 radical (unpaired) electrons. The van der Waals surface area contributed by atoms with Crippen LogP contribution < -0.4 is 10.2 Å². The van der Waals surface area contributed by atoms with Gasteiger partial charge < -0.3 is 15.3 Å². The van der Waals surface area contributed by atoms with E-state index in [1.165, 1.54) is 0 Å². The van der Waals surface area contributed by atoms with Crippen LogP contribution in [0.15, 0.2) is 46.9 Å². The lowest BCUT2D eigenvalue weighted by molar-refractivity contribution is -0.122. The van der Waals surface area contributed by atoms with Crippen LogP contribution >= 0.6 is 15.9 Å². The maximum Gasteiger partial charge on any atom is 0.229 e. The summed E-state index contributed by atoms with van der Waals surface area (Å²) in [6, 6.07) is 12.5. The Morgan fingerprint density at radius 2 is 1.96 bits per heavy atom. The number of aromatic hydroxyl groups is 1. The number of amides is 2. The van der Waals surface area contributed by atoms with Gasteiger partial charge in [0.05, 0.1) is 11.6 Å². The van der Waals surface area contributed by atoms with Crippen molar-refractivity contribution < 1.29 is 14.7 Å². The average molecular weight is 389 g/mol. The Labute approximate surface area is 148 Å². The molecule has 6 heteroatoms. The zero-order valence-corrected chi connectivity index (χ0v) is 14.7. The van der Waals surface area contributed by atoms with Crippen LogP contribution in [0.25, 0.3) is 0 Å². The summed E-state index contributed by atoms with van der Waals surface area (Å²) in [6.45, 7) is 2.19. The van der Waals surface area contributed by atoms with Crippen molar-refractivity contribution in [1.29, 1.82) is 0 Å². The second kappa shape index (κ2) is 6.65. The smallest absolute Gasteiger partial charge is 0.229 e. The van der Waals surface area contributed by atoms with Gasteiger partial charge in [-0.15, -0.1) is 0 Å². The summed E-state index contributed by atoms with van der Waals surface area (Å²) < 4.78 is 0.932. The second-order valence-corrected chi connectivity index (χ2v) is 6.81. The number of anilines is 2. The number of carbonyl (C=O) groups excluding carboxylic acids is 2. The first-order chi connectivity index (χ1) is 11.4. The molecule has 2 N–H and O–H groups in total. The first kappa shape index (κ1) is 16.5. The molecule has 0 aromatic heterocycles. The number of phenols is 1. The zero-order valence-electron chi connectivity index (χ0n) is 13.1. The van der Waals surface area contributed by atoms with Crippen LogP contribution in [0.4, 0.5) is 11.4 Å². The number of rotatable bonds is 3. The summed E-state index contributed by atoms with van der Waals surface area (Å²) in [5.74, 6) is -0.757. The molecule has 1 atom stereocenters. The predicted molar refractivity (Wildman–Crippen MR) is 96.1 cm³/mol. The number of nitrogens with one attached hydrogen (secondary N) is 1. The third-order valence-corrected chi connectivity index (χ3v) is 4.57. The molecule has 2 aromatic carbocycles. The highest BCUT2D eigenvalue weighted by molar-refractivity contribution is 9.10. The number of aryl methyl sites for hydroxylation is 1. The molecule has 1 aliphatic heterocycles. The summed E-state index contributed by atoms with van der Waals surface area (Å²) in [6.07, 6.45) is 0.161. The van der Waals surface area contributed by atoms with Gasteiger partial charge in [0.1, 0.15) is 5.75 Å². The second-order valence-electron chi connectivity index (χ2n) is 5.89. The van der Waals surface area contributed by atoms with E-state index in [1.54, 1.807) is 17.0 Å². The Morgan fingerprint density at radius 3 is 2.62 bits per heavy atom. The molecule has 1 unspecified atom stereocenters. The molecular formula is C18H17BrN2O3. The fraction of sp³-hybridized carbons (Fsp3) is 0.222. The third kappa shape index (κ3) is 3.43. The number of benzene rings is 2. The standard InChI is InChI=1S/C18H17BrN2O3/c1-11-2-7-15(16(22)8-11)20-18(24)12-9-17(23)21(10-12)14-5-3-13(19)4-6-14/h2-8,12,22H,9-10H2,1H3,(H,20,24). The van der Waals surface area contributed by atoms with Gasteiger partial charge in [0.15, 0.2) is 0 Å². The van der Waals surface area contributed by atoms with E-state index in [0.717, 1.165) is 15.7 Å². The number of hydrogen-bond donors (Lipinski definition) is 2. The maximum atomic E-state index is 12.4. The molecule has 1 fully saturated rings. The highest BCUT2D eigenvalue weighted by Gasteiger charge is 2.35. The third-order valence-electron chi connectivity index (χ3n) is 4.05. The molecular weight excluding hydrogens is 372 g/mol. The Hall–Kier alpha value is -2.34. The Balaban J connectivity index is 1.70. The van der Waals surface area contributed by atoms with Gasteiger partial charge in [-0.1, -0.05) is 22.0 Å². The number of hydrogen-bond acceptors (Lipinski definition) is 3. The monoisotopic (exact) mass is 388 g/mol. The van der Waals surface area contributed by atoms with Gasteiger partial charge in [-0.3, -0.25) is 9.59 Å². The molecule has 1 heterocycles. The van der Waals surface area contributed by atoms with E-state index >= 15 is 0 Å². The number of carbonyl (C=O) groups is 2. The van der Waals surface area contributed by atoms with E-state index in [-0.39, 0.29) is 24.0 Å². The summed E-state index contributed by atoms with van der Waals surface area (Å²) in [7, 11) is 0. The van der Waals surface area contributed by atoms with Crippen LogP contribution in [0.5, 0.6) is 5.75 Å². The molecule has 0 saturated carbocycles. The molecule has 1 saturated heterocycles. The summed E-state index contributed by atoms with van der Waals surface area (Å²) in [5, 5.41) is 12.6. The lowest BCUT2D eigenvalue weighted by Gasteiger charge is -2.17. The Bertz CT molecular complexity index is 789. The largest absolute Gasteiger partial charge is 0.506 e. The van der Waals surface area contributed by atoms with Gasteiger partial charge in [-0.05, 0) is 48.9 Å². The topological polar surface area (TPSA) is 69.6 Å². The van der Waals surface area contributed by atoms with Crippen LogP contribution in [0.2, 0.25) is 0 Å². The van der Waals surface area contributed by atoms with Crippen molar-refractivity contribution >= 4 is 39.1 Å². The van der Waals surface area contributed by atoms with Crippen LogP contribution in [0.1, 0.15) is 12.0 Å². The van der Waals surface area contributed by atoms with Crippen LogP contribution in [-0.4, -0.2) is 23.5 Å². The van der Waals surface area contributed by atoms with Gasteiger partial charge in [0.2, 0.25) is 11.8 Å². The zero-order chi connectivity index (χ0) is 17.3. The van der Waals surface area contributed by atoms with Crippen LogP contribution in [0.3, 0.4) is 0 Å². The molecule has 0 aliphatic carbocycles. The SMILES string of the molecule is Cc1ccc(NC(=O)C2CC(=O)N(c3ccc(Br)cc3)C2)c(O)c1. The first-order valence-electron chi connectivity index (χ1n) is 7.60. The fourth-order valence-corrected chi connectivity index (χ4v) is 3.00. The normalized spacial score (nSPS) is 17.2. The first-order valence-corrected chi connectivity index (χ1v) is 8.40. The molecule has 3 rings (SSSR count). The van der Waals surface area contributed by atoms with Gasteiger partial charge in [0.25, 0.3) is 0 Å². The highest BCUT2D eigenvalue weighted by Crippen LogP contribution is 2.29. The van der Waals surface area contributed by atoms with Crippen molar-refractivity contribution in [2.45, 2.75) is 13.3 Å². The lowest BCUT2D eigenvalue weighted by atomic mass is 10.1. The van der Waals surface area contributed by atoms with E-state index in [2.05, 4.69) is 21.2 Å². The maximum absolute atomic E-state index is 12.4. The van der Waals surface area contributed by atoms with E-state index < -0.39 is 5.92 Å². The molecule has 0 bridgehead atoms. The molecule has 0 spiro atoms. The molecule has 124 valence electrons. The summed E-state index contributed by atoms with van der Waals surface area (Å²) >= 11 is 3.36. The molecule has 2 amide bonds.